The van der Waals surface area contributed by atoms with E-state index in [9.17, 15) is 0 Å². The van der Waals surface area contributed by atoms with E-state index in [1.807, 2.05) is 0 Å². The molecule has 1 saturated carbocycles. The van der Waals surface area contributed by atoms with Crippen LogP contribution in [-0.4, -0.2) is 14.8 Å². The van der Waals surface area contributed by atoms with Gasteiger partial charge in [-0.1, -0.05) is 20.3 Å². The highest BCUT2D eigenvalue weighted by Gasteiger charge is 2.40. The molecule has 0 N–H and O–H groups in total. The van der Waals surface area contributed by atoms with Crippen LogP contribution in [0.5, 0.6) is 0 Å². The number of nitrogens with zero attached hydrogens (tertiary/aromatic N) is 3. The Balaban J connectivity index is 2.49. The van der Waals surface area contributed by atoms with Gasteiger partial charge in [0.1, 0.15) is 11.6 Å². The Kier molecular flexibility index (Phi) is 3.48. The topological polar surface area (TPSA) is 30.7 Å². The van der Waals surface area contributed by atoms with Crippen LogP contribution in [0.25, 0.3) is 0 Å². The summed E-state index contributed by atoms with van der Waals surface area (Å²) in [5.74, 6) is 2.95. The van der Waals surface area contributed by atoms with Crippen molar-refractivity contribution in [3.8, 4) is 0 Å². The molecule has 3 nitrogen and oxygen atoms in total. The van der Waals surface area contributed by atoms with Crippen LogP contribution in [0.15, 0.2) is 0 Å². The lowest BCUT2D eigenvalue weighted by Crippen LogP contribution is -2.29. The molecular weight excluding hydrogens is 246 g/mol. The van der Waals surface area contributed by atoms with Gasteiger partial charge >= 0.3 is 0 Å². The van der Waals surface area contributed by atoms with Crippen molar-refractivity contribution in [1.82, 2.24) is 14.8 Å². The van der Waals surface area contributed by atoms with Crippen LogP contribution in [-0.2, 0) is 11.4 Å². The maximum atomic E-state index is 6.01. The van der Waals surface area contributed by atoms with Gasteiger partial charge in [0.2, 0.25) is 0 Å². The maximum absolute atomic E-state index is 6.01. The maximum Gasteiger partial charge on any atom is 0.148 e. The van der Waals surface area contributed by atoms with Crippen molar-refractivity contribution >= 4 is 11.6 Å². The van der Waals surface area contributed by atoms with Crippen LogP contribution in [0.4, 0.5) is 0 Å². The molecule has 4 heteroatoms. The van der Waals surface area contributed by atoms with E-state index in [4.69, 9.17) is 11.6 Å². The van der Waals surface area contributed by atoms with Gasteiger partial charge in [-0.05, 0) is 39.0 Å². The second-order valence-electron chi connectivity index (χ2n) is 7.05. The summed E-state index contributed by atoms with van der Waals surface area (Å²) >= 11 is 6.01. The molecule has 1 unspecified atom stereocenters. The second-order valence-corrected chi connectivity index (χ2v) is 7.31. The van der Waals surface area contributed by atoms with Gasteiger partial charge < -0.3 is 4.57 Å². The molecule has 0 spiro atoms. The van der Waals surface area contributed by atoms with Gasteiger partial charge in [0.05, 0.1) is 5.88 Å². The average Bonchev–Trinajstić information content (AvgIpc) is 2.79. The third-order valence-corrected chi connectivity index (χ3v) is 4.35. The number of hydrogen-bond donors (Lipinski definition) is 0. The molecule has 2 rings (SSSR count). The van der Waals surface area contributed by atoms with E-state index in [1.165, 1.54) is 19.3 Å². The van der Waals surface area contributed by atoms with Crippen molar-refractivity contribution < 1.29 is 0 Å². The standard InChI is InChI=1S/C14H24ClN3/c1-13(2,3)18-11(9-15)16-17-12(18)10-7-6-8-14(10,4)5/h10H,6-9H2,1-5H3. The summed E-state index contributed by atoms with van der Waals surface area (Å²) in [6.07, 6.45) is 3.76. The minimum Gasteiger partial charge on any atom is -0.308 e. The fourth-order valence-electron chi connectivity index (χ4n) is 3.18. The zero-order chi connectivity index (χ0) is 13.6. The highest BCUT2D eigenvalue weighted by atomic mass is 35.5. The summed E-state index contributed by atoms with van der Waals surface area (Å²) in [6, 6.07) is 0. The number of aromatic nitrogens is 3. The van der Waals surface area contributed by atoms with Gasteiger partial charge in [0, 0.05) is 11.5 Å². The lowest BCUT2D eigenvalue weighted by Gasteiger charge is -2.31. The SMILES string of the molecule is CC1(C)CCCC1c1nnc(CCl)n1C(C)(C)C. The third-order valence-electron chi connectivity index (χ3n) is 4.11. The first-order chi connectivity index (χ1) is 8.27. The lowest BCUT2D eigenvalue weighted by atomic mass is 9.81. The van der Waals surface area contributed by atoms with Gasteiger partial charge in [-0.3, -0.25) is 0 Å². The smallest absolute Gasteiger partial charge is 0.148 e. The first-order valence-corrected chi connectivity index (χ1v) is 7.31. The number of alkyl halides is 1. The molecule has 102 valence electrons. The number of rotatable bonds is 2. The van der Waals surface area contributed by atoms with Crippen LogP contribution >= 0.6 is 11.6 Å². The minimum atomic E-state index is -0.0122. The Labute approximate surface area is 115 Å². The molecule has 18 heavy (non-hydrogen) atoms. The Morgan fingerprint density at radius 1 is 1.33 bits per heavy atom. The second kappa shape index (κ2) is 4.52. The van der Waals surface area contributed by atoms with Crippen molar-refractivity contribution in [1.29, 1.82) is 0 Å². The first kappa shape index (κ1) is 13.9. The molecule has 1 aliphatic carbocycles. The molecule has 0 aromatic carbocycles. The van der Waals surface area contributed by atoms with E-state index in [2.05, 4.69) is 49.4 Å². The highest BCUT2D eigenvalue weighted by molar-refractivity contribution is 6.16. The molecule has 1 aromatic heterocycles. The molecule has 1 aliphatic rings. The van der Waals surface area contributed by atoms with E-state index < -0.39 is 0 Å². The molecule has 1 atom stereocenters. The van der Waals surface area contributed by atoms with E-state index in [0.29, 0.717) is 17.2 Å². The Morgan fingerprint density at radius 2 is 2.00 bits per heavy atom. The van der Waals surface area contributed by atoms with Gasteiger partial charge in [-0.2, -0.15) is 0 Å². The van der Waals surface area contributed by atoms with Crippen LogP contribution in [0, 0.1) is 5.41 Å². The Hall–Kier alpha value is -0.570. The lowest BCUT2D eigenvalue weighted by molar-refractivity contribution is 0.289. The van der Waals surface area contributed by atoms with Crippen molar-refractivity contribution in [3.63, 3.8) is 0 Å². The van der Waals surface area contributed by atoms with E-state index in [0.717, 1.165) is 11.6 Å². The van der Waals surface area contributed by atoms with Crippen molar-refractivity contribution in [2.75, 3.05) is 0 Å². The molecule has 0 radical (unpaired) electrons. The summed E-state index contributed by atoms with van der Waals surface area (Å²) in [7, 11) is 0. The van der Waals surface area contributed by atoms with Gasteiger partial charge in [-0.25, -0.2) is 0 Å². The summed E-state index contributed by atoms with van der Waals surface area (Å²) < 4.78 is 2.25. The highest BCUT2D eigenvalue weighted by Crippen LogP contribution is 2.48. The Bertz CT molecular complexity index is 429. The summed E-state index contributed by atoms with van der Waals surface area (Å²) in [5, 5.41) is 8.75. The summed E-state index contributed by atoms with van der Waals surface area (Å²) in [4.78, 5) is 0. The Morgan fingerprint density at radius 3 is 2.44 bits per heavy atom. The van der Waals surface area contributed by atoms with E-state index in [1.54, 1.807) is 0 Å². The molecule has 1 aromatic rings. The molecule has 0 amide bonds. The normalized spacial score (nSPS) is 23.6. The monoisotopic (exact) mass is 269 g/mol. The van der Waals surface area contributed by atoms with Gasteiger partial charge in [0.25, 0.3) is 0 Å². The molecule has 0 saturated heterocycles. The fourth-order valence-corrected chi connectivity index (χ4v) is 3.35. The predicted molar refractivity (Wildman–Crippen MR) is 74.9 cm³/mol. The minimum absolute atomic E-state index is 0.0122. The molecule has 0 bridgehead atoms. The van der Waals surface area contributed by atoms with Crippen LogP contribution in [0.1, 0.15) is 71.4 Å². The van der Waals surface area contributed by atoms with Crippen LogP contribution in [0.2, 0.25) is 0 Å². The van der Waals surface area contributed by atoms with Crippen molar-refractivity contribution in [2.24, 2.45) is 5.41 Å². The largest absolute Gasteiger partial charge is 0.308 e. The van der Waals surface area contributed by atoms with E-state index in [-0.39, 0.29) is 5.54 Å². The third kappa shape index (κ3) is 2.29. The summed E-state index contributed by atoms with van der Waals surface area (Å²) in [5.41, 5.74) is 0.307. The van der Waals surface area contributed by atoms with Crippen molar-refractivity contribution in [2.45, 2.75) is 71.2 Å². The van der Waals surface area contributed by atoms with Gasteiger partial charge in [-0.15, -0.1) is 21.8 Å². The summed E-state index contributed by atoms with van der Waals surface area (Å²) in [6.45, 7) is 11.3. The quantitative estimate of drug-likeness (QED) is 0.758. The zero-order valence-corrected chi connectivity index (χ0v) is 12.9. The number of hydrogen-bond acceptors (Lipinski definition) is 2. The first-order valence-electron chi connectivity index (χ1n) is 6.78. The van der Waals surface area contributed by atoms with Crippen LogP contribution < -0.4 is 0 Å². The molecular formula is C14H24ClN3. The predicted octanol–water partition coefficient (Wildman–Crippen LogP) is 4.07. The number of halogens is 1. The molecule has 1 fully saturated rings. The van der Waals surface area contributed by atoms with E-state index >= 15 is 0 Å². The fraction of sp³-hybridized carbons (Fsp3) is 0.857. The molecule has 1 heterocycles. The average molecular weight is 270 g/mol. The van der Waals surface area contributed by atoms with Gasteiger partial charge in [0.15, 0.2) is 0 Å². The van der Waals surface area contributed by atoms with Crippen LogP contribution in [0.3, 0.4) is 0 Å². The zero-order valence-electron chi connectivity index (χ0n) is 12.1. The van der Waals surface area contributed by atoms with Crippen molar-refractivity contribution in [3.05, 3.63) is 11.6 Å². The molecule has 0 aliphatic heterocycles.